The standard InChI is InChI=1S/C19H27ClN4O/c20-15-3-6-17-18(13-15)25-22-19(17)24-11-9-23(10-12-24)8-7-14-1-4-16(21)5-2-14/h3,6,13-14,16H,1-2,4-5,7-12,21H2. The molecule has 1 aliphatic carbocycles. The van der Waals surface area contributed by atoms with Crippen molar-refractivity contribution in [2.45, 2.75) is 38.1 Å². The summed E-state index contributed by atoms with van der Waals surface area (Å²) in [5, 5.41) is 6.01. The van der Waals surface area contributed by atoms with Crippen LogP contribution in [0.25, 0.3) is 11.0 Å². The molecule has 25 heavy (non-hydrogen) atoms. The van der Waals surface area contributed by atoms with Gasteiger partial charge < -0.3 is 15.2 Å². The molecule has 1 aliphatic heterocycles. The van der Waals surface area contributed by atoms with Crippen LogP contribution in [0, 0.1) is 5.92 Å². The number of hydrogen-bond donors (Lipinski definition) is 1. The zero-order valence-electron chi connectivity index (χ0n) is 14.7. The Balaban J connectivity index is 1.29. The van der Waals surface area contributed by atoms with Crippen molar-refractivity contribution in [2.75, 3.05) is 37.6 Å². The molecular formula is C19H27ClN4O. The summed E-state index contributed by atoms with van der Waals surface area (Å²) < 4.78 is 5.45. The molecule has 1 aromatic heterocycles. The van der Waals surface area contributed by atoms with Gasteiger partial charge in [-0.1, -0.05) is 16.8 Å². The van der Waals surface area contributed by atoms with Crippen LogP contribution in [0.15, 0.2) is 22.7 Å². The number of anilines is 1. The smallest absolute Gasteiger partial charge is 0.180 e. The molecule has 1 saturated carbocycles. The normalized spacial score (nSPS) is 25.6. The van der Waals surface area contributed by atoms with Gasteiger partial charge in [0, 0.05) is 43.3 Å². The second-order valence-electron chi connectivity index (χ2n) is 7.54. The summed E-state index contributed by atoms with van der Waals surface area (Å²) in [7, 11) is 0. The van der Waals surface area contributed by atoms with Crippen molar-refractivity contribution >= 4 is 28.4 Å². The lowest BCUT2D eigenvalue weighted by atomic mass is 9.84. The Morgan fingerprint density at radius 3 is 2.64 bits per heavy atom. The maximum absolute atomic E-state index is 6.02. The van der Waals surface area contributed by atoms with Crippen molar-refractivity contribution in [3.05, 3.63) is 23.2 Å². The minimum absolute atomic E-state index is 0.451. The van der Waals surface area contributed by atoms with Gasteiger partial charge in [-0.2, -0.15) is 0 Å². The molecule has 2 aromatic rings. The molecule has 2 heterocycles. The van der Waals surface area contributed by atoms with Crippen molar-refractivity contribution in [1.29, 1.82) is 0 Å². The van der Waals surface area contributed by atoms with Crippen LogP contribution in [0.1, 0.15) is 32.1 Å². The highest BCUT2D eigenvalue weighted by molar-refractivity contribution is 6.31. The first-order valence-corrected chi connectivity index (χ1v) is 9.84. The lowest BCUT2D eigenvalue weighted by Gasteiger charge is -2.36. The minimum atomic E-state index is 0.451. The monoisotopic (exact) mass is 362 g/mol. The Hall–Kier alpha value is -1.30. The topological polar surface area (TPSA) is 58.5 Å². The summed E-state index contributed by atoms with van der Waals surface area (Å²) >= 11 is 6.02. The van der Waals surface area contributed by atoms with E-state index in [1.807, 2.05) is 18.2 Å². The Morgan fingerprint density at radius 1 is 1.12 bits per heavy atom. The van der Waals surface area contributed by atoms with E-state index in [1.165, 1.54) is 38.6 Å². The van der Waals surface area contributed by atoms with Gasteiger partial charge in [0.05, 0.1) is 5.39 Å². The number of fused-ring (bicyclic) bond motifs is 1. The van der Waals surface area contributed by atoms with Gasteiger partial charge in [-0.15, -0.1) is 0 Å². The Labute approximate surface area is 154 Å². The average molecular weight is 363 g/mol. The number of hydrogen-bond acceptors (Lipinski definition) is 5. The summed E-state index contributed by atoms with van der Waals surface area (Å²) in [4.78, 5) is 4.92. The van der Waals surface area contributed by atoms with Gasteiger partial charge in [0.2, 0.25) is 0 Å². The fourth-order valence-electron chi connectivity index (χ4n) is 4.15. The number of benzene rings is 1. The number of aromatic nitrogens is 1. The molecule has 0 radical (unpaired) electrons. The molecule has 0 atom stereocenters. The van der Waals surface area contributed by atoms with Crippen LogP contribution in [0.5, 0.6) is 0 Å². The third kappa shape index (κ3) is 3.94. The van der Waals surface area contributed by atoms with Crippen molar-refractivity contribution in [3.63, 3.8) is 0 Å². The van der Waals surface area contributed by atoms with E-state index in [0.717, 1.165) is 48.9 Å². The lowest BCUT2D eigenvalue weighted by molar-refractivity contribution is 0.216. The van der Waals surface area contributed by atoms with E-state index in [2.05, 4.69) is 15.0 Å². The molecule has 1 aromatic carbocycles. The Bertz CT molecular complexity index is 703. The SMILES string of the molecule is NC1CCC(CCN2CCN(c3noc4cc(Cl)ccc34)CC2)CC1. The number of rotatable bonds is 4. The summed E-state index contributed by atoms with van der Waals surface area (Å²) in [5.41, 5.74) is 6.77. The largest absolute Gasteiger partial charge is 0.354 e. The number of nitrogens with zero attached hydrogens (tertiary/aromatic N) is 3. The fraction of sp³-hybridized carbons (Fsp3) is 0.632. The van der Waals surface area contributed by atoms with Crippen LogP contribution in [0.2, 0.25) is 5.02 Å². The fourth-order valence-corrected chi connectivity index (χ4v) is 4.31. The molecule has 2 fully saturated rings. The predicted molar refractivity (Wildman–Crippen MR) is 102 cm³/mol. The van der Waals surface area contributed by atoms with Crippen LogP contribution < -0.4 is 10.6 Å². The van der Waals surface area contributed by atoms with Gasteiger partial charge in [0.25, 0.3) is 0 Å². The average Bonchev–Trinajstić information content (AvgIpc) is 3.04. The summed E-state index contributed by atoms with van der Waals surface area (Å²) in [6, 6.07) is 6.19. The minimum Gasteiger partial charge on any atom is -0.354 e. The molecule has 5 nitrogen and oxygen atoms in total. The number of nitrogens with two attached hydrogens (primary N) is 1. The van der Waals surface area contributed by atoms with Crippen molar-refractivity contribution in [1.82, 2.24) is 10.1 Å². The van der Waals surface area contributed by atoms with Gasteiger partial charge in [-0.25, -0.2) is 0 Å². The number of piperazine rings is 1. The van der Waals surface area contributed by atoms with E-state index in [4.69, 9.17) is 21.9 Å². The van der Waals surface area contributed by atoms with Crippen LogP contribution in [-0.2, 0) is 0 Å². The van der Waals surface area contributed by atoms with Gasteiger partial charge in [-0.05, 0) is 56.7 Å². The summed E-state index contributed by atoms with van der Waals surface area (Å²) in [5.74, 6) is 1.83. The molecule has 2 N–H and O–H groups in total. The summed E-state index contributed by atoms with van der Waals surface area (Å²) in [6.07, 6.45) is 6.37. The first-order valence-electron chi connectivity index (χ1n) is 9.47. The zero-order valence-corrected chi connectivity index (χ0v) is 15.4. The molecular weight excluding hydrogens is 336 g/mol. The van der Waals surface area contributed by atoms with Crippen LogP contribution in [0.4, 0.5) is 5.82 Å². The first kappa shape index (κ1) is 17.1. The first-order chi connectivity index (χ1) is 12.2. The van der Waals surface area contributed by atoms with E-state index in [0.29, 0.717) is 11.1 Å². The molecule has 0 spiro atoms. The lowest BCUT2D eigenvalue weighted by Crippen LogP contribution is -2.47. The second kappa shape index (κ2) is 7.52. The van der Waals surface area contributed by atoms with Crippen LogP contribution in [-0.4, -0.2) is 48.8 Å². The van der Waals surface area contributed by atoms with Gasteiger partial charge in [0.15, 0.2) is 11.4 Å². The zero-order chi connectivity index (χ0) is 17.2. The van der Waals surface area contributed by atoms with Crippen molar-refractivity contribution in [3.8, 4) is 0 Å². The molecule has 0 bridgehead atoms. The number of halogens is 1. The van der Waals surface area contributed by atoms with E-state index in [1.54, 1.807) is 0 Å². The highest BCUT2D eigenvalue weighted by atomic mass is 35.5. The van der Waals surface area contributed by atoms with Gasteiger partial charge in [-0.3, -0.25) is 4.90 Å². The van der Waals surface area contributed by atoms with Crippen LogP contribution >= 0.6 is 11.6 Å². The Morgan fingerprint density at radius 2 is 1.88 bits per heavy atom. The highest BCUT2D eigenvalue weighted by Gasteiger charge is 2.23. The molecule has 6 heteroatoms. The van der Waals surface area contributed by atoms with E-state index < -0.39 is 0 Å². The van der Waals surface area contributed by atoms with Gasteiger partial charge >= 0.3 is 0 Å². The predicted octanol–water partition coefficient (Wildman–Crippen LogP) is 3.51. The maximum atomic E-state index is 6.02. The van der Waals surface area contributed by atoms with Gasteiger partial charge in [0.1, 0.15) is 0 Å². The molecule has 4 rings (SSSR count). The quantitative estimate of drug-likeness (QED) is 0.901. The summed E-state index contributed by atoms with van der Waals surface area (Å²) in [6.45, 7) is 5.39. The molecule has 136 valence electrons. The Kier molecular flexibility index (Phi) is 5.15. The maximum Gasteiger partial charge on any atom is 0.180 e. The van der Waals surface area contributed by atoms with E-state index in [9.17, 15) is 0 Å². The third-order valence-electron chi connectivity index (χ3n) is 5.83. The second-order valence-corrected chi connectivity index (χ2v) is 7.98. The molecule has 1 saturated heterocycles. The molecule has 2 aliphatic rings. The molecule has 0 unspecified atom stereocenters. The van der Waals surface area contributed by atoms with E-state index >= 15 is 0 Å². The third-order valence-corrected chi connectivity index (χ3v) is 6.07. The van der Waals surface area contributed by atoms with Crippen molar-refractivity contribution in [2.24, 2.45) is 11.7 Å². The van der Waals surface area contributed by atoms with Crippen LogP contribution in [0.3, 0.4) is 0 Å². The van der Waals surface area contributed by atoms with Crippen molar-refractivity contribution < 1.29 is 4.52 Å². The highest BCUT2D eigenvalue weighted by Crippen LogP contribution is 2.29. The molecule has 0 amide bonds. The van der Waals surface area contributed by atoms with E-state index in [-0.39, 0.29) is 0 Å².